The first kappa shape index (κ1) is 14.0. The van der Waals surface area contributed by atoms with E-state index >= 15 is 0 Å². The minimum Gasteiger partial charge on any atom is -0.292 e. The number of hydrogen-bond donors (Lipinski definition) is 0. The van der Waals surface area contributed by atoms with Crippen molar-refractivity contribution in [1.29, 1.82) is 0 Å². The van der Waals surface area contributed by atoms with Gasteiger partial charge in [0.05, 0.1) is 0 Å². The Kier molecular flexibility index (Phi) is 3.77. The average molecular weight is 297 g/mol. The van der Waals surface area contributed by atoms with Crippen molar-refractivity contribution < 1.29 is 0 Å². The molecule has 3 aromatic carbocycles. The summed E-state index contributed by atoms with van der Waals surface area (Å²) in [5, 5.41) is 5.09. The van der Waals surface area contributed by atoms with Crippen LogP contribution < -0.4 is 0 Å². The molecular weight excluding hydrogens is 278 g/mol. The van der Waals surface area contributed by atoms with Crippen LogP contribution in [0, 0.1) is 5.92 Å². The highest BCUT2D eigenvalue weighted by molar-refractivity contribution is 6.13. The van der Waals surface area contributed by atoms with Crippen LogP contribution in [0.15, 0.2) is 83.9 Å². The molecule has 0 spiro atoms. The SMILES string of the molecule is C1=CC(CCN=Cc2c3ccccc3cc3ccccc23)C=C1. The highest BCUT2D eigenvalue weighted by atomic mass is 14.7. The second-order valence-corrected chi connectivity index (χ2v) is 5.99. The summed E-state index contributed by atoms with van der Waals surface area (Å²) in [6, 6.07) is 19.4. The Bertz CT molecular complexity index is 865. The van der Waals surface area contributed by atoms with Gasteiger partial charge in [-0.25, -0.2) is 0 Å². The zero-order valence-corrected chi connectivity index (χ0v) is 13.0. The molecule has 0 unspecified atom stereocenters. The number of benzene rings is 3. The van der Waals surface area contributed by atoms with E-state index in [9.17, 15) is 0 Å². The molecule has 112 valence electrons. The third-order valence-electron chi connectivity index (χ3n) is 4.45. The Morgan fingerprint density at radius 3 is 2.09 bits per heavy atom. The predicted molar refractivity (Wildman–Crippen MR) is 100 cm³/mol. The zero-order chi connectivity index (χ0) is 15.5. The Balaban J connectivity index is 1.70. The third kappa shape index (κ3) is 2.83. The minimum atomic E-state index is 0.552. The Labute approximate surface area is 136 Å². The smallest absolute Gasteiger partial charge is 0.0398 e. The fourth-order valence-electron chi connectivity index (χ4n) is 3.24. The fourth-order valence-corrected chi connectivity index (χ4v) is 3.24. The molecule has 0 radical (unpaired) electrons. The molecular formula is C22H19N. The Morgan fingerprint density at radius 1 is 0.826 bits per heavy atom. The summed E-state index contributed by atoms with van der Waals surface area (Å²) < 4.78 is 0. The van der Waals surface area contributed by atoms with E-state index in [2.05, 4.69) is 85.1 Å². The molecule has 0 atom stereocenters. The van der Waals surface area contributed by atoms with Crippen molar-refractivity contribution in [2.75, 3.05) is 6.54 Å². The lowest BCUT2D eigenvalue weighted by Gasteiger charge is -2.08. The molecule has 3 aromatic rings. The molecule has 1 aliphatic rings. The van der Waals surface area contributed by atoms with E-state index < -0.39 is 0 Å². The molecule has 1 nitrogen and oxygen atoms in total. The van der Waals surface area contributed by atoms with Crippen LogP contribution in [0.2, 0.25) is 0 Å². The summed E-state index contributed by atoms with van der Waals surface area (Å²) in [6.45, 7) is 0.858. The first-order chi connectivity index (χ1) is 11.4. The van der Waals surface area contributed by atoms with Gasteiger partial charge < -0.3 is 0 Å². The normalized spacial score (nSPS) is 14.6. The molecule has 0 saturated heterocycles. The summed E-state index contributed by atoms with van der Waals surface area (Å²) in [5.74, 6) is 0.552. The maximum absolute atomic E-state index is 4.71. The number of allylic oxidation sites excluding steroid dienone is 4. The predicted octanol–water partition coefficient (Wildman–Crippen LogP) is 5.54. The van der Waals surface area contributed by atoms with E-state index in [0.717, 1.165) is 13.0 Å². The van der Waals surface area contributed by atoms with Crippen molar-refractivity contribution in [2.45, 2.75) is 6.42 Å². The van der Waals surface area contributed by atoms with Crippen molar-refractivity contribution in [3.8, 4) is 0 Å². The van der Waals surface area contributed by atoms with Crippen molar-refractivity contribution in [1.82, 2.24) is 0 Å². The lowest BCUT2D eigenvalue weighted by Crippen LogP contribution is -1.94. The lowest BCUT2D eigenvalue weighted by molar-refractivity contribution is 0.730. The Morgan fingerprint density at radius 2 is 1.43 bits per heavy atom. The van der Waals surface area contributed by atoms with E-state index in [4.69, 9.17) is 4.99 Å². The highest BCUT2D eigenvalue weighted by Crippen LogP contribution is 2.27. The molecule has 1 aliphatic carbocycles. The number of fused-ring (bicyclic) bond motifs is 2. The van der Waals surface area contributed by atoms with E-state index in [1.807, 2.05) is 0 Å². The van der Waals surface area contributed by atoms with Gasteiger partial charge in [-0.1, -0.05) is 72.8 Å². The number of nitrogens with zero attached hydrogens (tertiary/aromatic N) is 1. The van der Waals surface area contributed by atoms with Gasteiger partial charge in [-0.2, -0.15) is 0 Å². The van der Waals surface area contributed by atoms with Gasteiger partial charge in [0.2, 0.25) is 0 Å². The van der Waals surface area contributed by atoms with Gasteiger partial charge in [0, 0.05) is 18.3 Å². The summed E-state index contributed by atoms with van der Waals surface area (Å²) in [7, 11) is 0. The summed E-state index contributed by atoms with van der Waals surface area (Å²) in [4.78, 5) is 4.71. The summed E-state index contributed by atoms with van der Waals surface area (Å²) >= 11 is 0. The third-order valence-corrected chi connectivity index (χ3v) is 4.45. The molecule has 23 heavy (non-hydrogen) atoms. The average Bonchev–Trinajstić information content (AvgIpc) is 3.11. The van der Waals surface area contributed by atoms with Gasteiger partial charge in [0.1, 0.15) is 0 Å². The second kappa shape index (κ2) is 6.21. The monoisotopic (exact) mass is 297 g/mol. The largest absolute Gasteiger partial charge is 0.292 e. The van der Waals surface area contributed by atoms with Gasteiger partial charge in [-0.15, -0.1) is 0 Å². The van der Waals surface area contributed by atoms with E-state index in [1.165, 1.54) is 27.1 Å². The molecule has 0 aliphatic heterocycles. The molecule has 0 bridgehead atoms. The quantitative estimate of drug-likeness (QED) is 0.442. The van der Waals surface area contributed by atoms with Crippen molar-refractivity contribution in [3.05, 3.63) is 84.5 Å². The van der Waals surface area contributed by atoms with Crippen LogP contribution in [0.5, 0.6) is 0 Å². The topological polar surface area (TPSA) is 12.4 Å². The molecule has 4 rings (SSSR count). The highest BCUT2D eigenvalue weighted by Gasteiger charge is 2.05. The molecule has 1 heteroatoms. The van der Waals surface area contributed by atoms with Crippen LogP contribution in [-0.4, -0.2) is 12.8 Å². The molecule has 0 aromatic heterocycles. The Hall–Kier alpha value is -2.67. The fraction of sp³-hybridized carbons (Fsp3) is 0.136. The zero-order valence-electron chi connectivity index (χ0n) is 13.0. The van der Waals surface area contributed by atoms with Crippen LogP contribution in [0.4, 0.5) is 0 Å². The van der Waals surface area contributed by atoms with Crippen molar-refractivity contribution in [2.24, 2.45) is 10.9 Å². The lowest BCUT2D eigenvalue weighted by atomic mass is 9.97. The number of aliphatic imine (C=N–C) groups is 1. The van der Waals surface area contributed by atoms with E-state index in [0.29, 0.717) is 5.92 Å². The van der Waals surface area contributed by atoms with Crippen molar-refractivity contribution >= 4 is 27.8 Å². The summed E-state index contributed by atoms with van der Waals surface area (Å²) in [5.41, 5.74) is 1.23. The first-order valence-corrected chi connectivity index (χ1v) is 8.17. The van der Waals surface area contributed by atoms with E-state index in [-0.39, 0.29) is 0 Å². The molecule has 0 saturated carbocycles. The van der Waals surface area contributed by atoms with Gasteiger partial charge in [0.25, 0.3) is 0 Å². The van der Waals surface area contributed by atoms with Crippen LogP contribution in [0.3, 0.4) is 0 Å². The van der Waals surface area contributed by atoms with Crippen LogP contribution in [0.1, 0.15) is 12.0 Å². The number of hydrogen-bond acceptors (Lipinski definition) is 1. The summed E-state index contributed by atoms with van der Waals surface area (Å²) in [6.07, 6.45) is 11.9. The molecule has 0 heterocycles. The molecule has 0 N–H and O–H groups in total. The van der Waals surface area contributed by atoms with Gasteiger partial charge in [0.15, 0.2) is 0 Å². The maximum Gasteiger partial charge on any atom is 0.0398 e. The minimum absolute atomic E-state index is 0.552. The first-order valence-electron chi connectivity index (χ1n) is 8.17. The standard InChI is InChI=1S/C22H19N/c1-2-8-17(7-1)13-14-23-16-22-20-11-5-3-9-18(20)15-19-10-4-6-12-21(19)22/h1-12,15-17H,13-14H2. The van der Waals surface area contributed by atoms with Gasteiger partial charge in [-0.05, 0) is 39.9 Å². The van der Waals surface area contributed by atoms with Crippen LogP contribution >= 0.6 is 0 Å². The maximum atomic E-state index is 4.71. The van der Waals surface area contributed by atoms with Gasteiger partial charge >= 0.3 is 0 Å². The molecule has 0 fully saturated rings. The van der Waals surface area contributed by atoms with E-state index in [1.54, 1.807) is 0 Å². The number of rotatable bonds is 4. The molecule has 0 amide bonds. The van der Waals surface area contributed by atoms with Gasteiger partial charge in [-0.3, -0.25) is 4.99 Å². The van der Waals surface area contributed by atoms with Crippen LogP contribution in [0.25, 0.3) is 21.5 Å². The van der Waals surface area contributed by atoms with Crippen molar-refractivity contribution in [3.63, 3.8) is 0 Å². The second-order valence-electron chi connectivity index (χ2n) is 5.99. The van der Waals surface area contributed by atoms with Crippen LogP contribution in [-0.2, 0) is 0 Å².